The zero-order valence-corrected chi connectivity index (χ0v) is 16.1. The number of rotatable bonds is 5. The van der Waals surface area contributed by atoms with Crippen LogP contribution in [0.1, 0.15) is 24.5 Å². The Hall–Kier alpha value is -2.45. The predicted molar refractivity (Wildman–Crippen MR) is 102 cm³/mol. The van der Waals surface area contributed by atoms with Crippen molar-refractivity contribution < 1.29 is 19.1 Å². The van der Waals surface area contributed by atoms with Gasteiger partial charge in [-0.1, -0.05) is 24.3 Å². The third-order valence-corrected chi connectivity index (χ3v) is 5.77. The highest BCUT2D eigenvalue weighted by Crippen LogP contribution is 2.41. The van der Waals surface area contributed by atoms with Crippen molar-refractivity contribution >= 4 is 17.8 Å². The Balaban J connectivity index is 1.38. The summed E-state index contributed by atoms with van der Waals surface area (Å²) in [6.07, 6.45) is 1.27. The number of nitrogens with zero attached hydrogens (tertiary/aromatic N) is 2. The Bertz CT molecular complexity index is 792. The molecule has 8 nitrogen and oxygen atoms in total. The Labute approximate surface area is 164 Å². The van der Waals surface area contributed by atoms with E-state index in [2.05, 4.69) is 15.5 Å². The number of morpholine rings is 1. The van der Waals surface area contributed by atoms with Gasteiger partial charge in [0.25, 0.3) is 5.91 Å². The van der Waals surface area contributed by atoms with Crippen LogP contribution in [-0.2, 0) is 26.3 Å². The molecule has 4 amide bonds. The summed E-state index contributed by atoms with van der Waals surface area (Å²) in [6.45, 7) is 5.46. The van der Waals surface area contributed by atoms with Crippen molar-refractivity contribution in [1.29, 1.82) is 0 Å². The molecule has 8 heteroatoms. The molecule has 2 saturated heterocycles. The van der Waals surface area contributed by atoms with E-state index >= 15 is 0 Å². The first-order valence-electron chi connectivity index (χ1n) is 9.81. The van der Waals surface area contributed by atoms with Gasteiger partial charge in [0.05, 0.1) is 13.2 Å². The maximum absolute atomic E-state index is 13.1. The summed E-state index contributed by atoms with van der Waals surface area (Å²) in [4.78, 5) is 41.3. The average molecular weight is 386 g/mol. The van der Waals surface area contributed by atoms with E-state index in [1.54, 1.807) is 0 Å². The lowest BCUT2D eigenvalue weighted by Crippen LogP contribution is -2.49. The average Bonchev–Trinajstić information content (AvgIpc) is 3.16. The standard InChI is InChI=1S/C20H26N4O4/c1-14(12-23-8-10-28-11-9-23)21-17(25)13-24-18(26)20(22-19(24)27)7-6-15-4-2-3-5-16(15)20/h2-5,14H,6-13H2,1H3,(H,21,25)(H,22,27)/t14-,20+/m0/s1. The van der Waals surface area contributed by atoms with Crippen LogP contribution < -0.4 is 10.6 Å². The lowest BCUT2D eigenvalue weighted by molar-refractivity contribution is -0.135. The maximum atomic E-state index is 13.1. The number of amides is 4. The van der Waals surface area contributed by atoms with Gasteiger partial charge in [0.2, 0.25) is 5.91 Å². The molecule has 4 rings (SSSR count). The van der Waals surface area contributed by atoms with Crippen molar-refractivity contribution in [1.82, 2.24) is 20.4 Å². The van der Waals surface area contributed by atoms with E-state index in [1.165, 1.54) is 0 Å². The number of benzene rings is 1. The van der Waals surface area contributed by atoms with Gasteiger partial charge in [0.15, 0.2) is 0 Å². The highest BCUT2D eigenvalue weighted by molar-refractivity contribution is 6.09. The van der Waals surface area contributed by atoms with Gasteiger partial charge in [0.1, 0.15) is 12.1 Å². The second kappa shape index (κ2) is 7.52. The van der Waals surface area contributed by atoms with E-state index in [0.29, 0.717) is 26.2 Å². The molecule has 2 N–H and O–H groups in total. The van der Waals surface area contributed by atoms with Gasteiger partial charge in [-0.3, -0.25) is 19.4 Å². The molecule has 1 aromatic rings. The third kappa shape index (κ3) is 3.38. The van der Waals surface area contributed by atoms with Crippen LogP contribution in [0.2, 0.25) is 0 Å². The first-order valence-corrected chi connectivity index (χ1v) is 9.81. The van der Waals surface area contributed by atoms with Gasteiger partial charge in [0, 0.05) is 25.7 Å². The second-order valence-corrected chi connectivity index (χ2v) is 7.77. The first kappa shape index (κ1) is 18.9. The fraction of sp³-hybridized carbons (Fsp3) is 0.550. The summed E-state index contributed by atoms with van der Waals surface area (Å²) in [7, 11) is 0. The van der Waals surface area contributed by atoms with E-state index in [-0.39, 0.29) is 24.4 Å². The van der Waals surface area contributed by atoms with Crippen LogP contribution >= 0.6 is 0 Å². The monoisotopic (exact) mass is 386 g/mol. The number of hydrogen-bond acceptors (Lipinski definition) is 5. The van der Waals surface area contributed by atoms with Crippen LogP contribution in [0.3, 0.4) is 0 Å². The molecule has 3 aliphatic rings. The van der Waals surface area contributed by atoms with Crippen molar-refractivity contribution in [2.24, 2.45) is 0 Å². The number of nitrogens with one attached hydrogen (secondary N) is 2. The predicted octanol–water partition coefficient (Wildman–Crippen LogP) is 0.217. The van der Waals surface area contributed by atoms with Gasteiger partial charge >= 0.3 is 6.03 Å². The number of ether oxygens (including phenoxy) is 1. The Kier molecular flexibility index (Phi) is 5.07. The van der Waals surface area contributed by atoms with E-state index < -0.39 is 11.6 Å². The van der Waals surface area contributed by atoms with E-state index in [0.717, 1.165) is 35.5 Å². The minimum absolute atomic E-state index is 0.0764. The van der Waals surface area contributed by atoms with Gasteiger partial charge in [-0.25, -0.2) is 4.79 Å². The van der Waals surface area contributed by atoms with Crippen LogP contribution in [0.5, 0.6) is 0 Å². The van der Waals surface area contributed by atoms with Gasteiger partial charge in [-0.2, -0.15) is 0 Å². The number of fused-ring (bicyclic) bond motifs is 2. The van der Waals surface area contributed by atoms with E-state index in [1.807, 2.05) is 31.2 Å². The molecule has 1 aliphatic carbocycles. The van der Waals surface area contributed by atoms with E-state index in [9.17, 15) is 14.4 Å². The Morgan fingerprint density at radius 3 is 2.82 bits per heavy atom. The molecule has 0 aromatic heterocycles. The molecular formula is C20H26N4O4. The normalized spacial score (nSPS) is 25.7. The largest absolute Gasteiger partial charge is 0.379 e. The molecule has 2 aliphatic heterocycles. The zero-order valence-electron chi connectivity index (χ0n) is 16.1. The minimum atomic E-state index is -1.02. The topological polar surface area (TPSA) is 91.0 Å². The van der Waals surface area contributed by atoms with Crippen LogP contribution in [0.4, 0.5) is 4.79 Å². The molecule has 2 atom stereocenters. The molecule has 1 aromatic carbocycles. The summed E-state index contributed by atoms with van der Waals surface area (Å²) in [6, 6.07) is 7.08. The van der Waals surface area contributed by atoms with Crippen LogP contribution in [0.25, 0.3) is 0 Å². The summed E-state index contributed by atoms with van der Waals surface area (Å²) in [5, 5.41) is 5.74. The highest BCUT2D eigenvalue weighted by Gasteiger charge is 2.55. The summed E-state index contributed by atoms with van der Waals surface area (Å²) < 4.78 is 5.33. The number of carbonyl (C=O) groups excluding carboxylic acids is 3. The molecule has 28 heavy (non-hydrogen) atoms. The number of urea groups is 1. The Morgan fingerprint density at radius 2 is 2.04 bits per heavy atom. The van der Waals surface area contributed by atoms with Crippen molar-refractivity contribution in [3.63, 3.8) is 0 Å². The highest BCUT2D eigenvalue weighted by atomic mass is 16.5. The van der Waals surface area contributed by atoms with E-state index in [4.69, 9.17) is 4.74 Å². The molecule has 2 heterocycles. The maximum Gasteiger partial charge on any atom is 0.325 e. The van der Waals surface area contributed by atoms with Gasteiger partial charge < -0.3 is 15.4 Å². The van der Waals surface area contributed by atoms with Crippen molar-refractivity contribution in [3.05, 3.63) is 35.4 Å². The number of aryl methyl sites for hydroxylation is 1. The fourth-order valence-corrected chi connectivity index (χ4v) is 4.41. The molecule has 150 valence electrons. The third-order valence-electron chi connectivity index (χ3n) is 5.77. The molecule has 0 saturated carbocycles. The Morgan fingerprint density at radius 1 is 1.29 bits per heavy atom. The van der Waals surface area contributed by atoms with Gasteiger partial charge in [-0.05, 0) is 30.9 Å². The van der Waals surface area contributed by atoms with Crippen LogP contribution in [0, 0.1) is 0 Å². The fourth-order valence-electron chi connectivity index (χ4n) is 4.41. The minimum Gasteiger partial charge on any atom is -0.379 e. The lowest BCUT2D eigenvalue weighted by Gasteiger charge is -2.29. The molecular weight excluding hydrogens is 360 g/mol. The first-order chi connectivity index (χ1) is 13.5. The molecule has 0 radical (unpaired) electrons. The smallest absolute Gasteiger partial charge is 0.325 e. The number of carbonyl (C=O) groups is 3. The summed E-state index contributed by atoms with van der Waals surface area (Å²) >= 11 is 0. The second-order valence-electron chi connectivity index (χ2n) is 7.77. The van der Waals surface area contributed by atoms with Crippen molar-refractivity contribution in [2.45, 2.75) is 31.3 Å². The van der Waals surface area contributed by atoms with Crippen molar-refractivity contribution in [2.75, 3.05) is 39.4 Å². The van der Waals surface area contributed by atoms with Crippen LogP contribution in [-0.4, -0.2) is 73.1 Å². The van der Waals surface area contributed by atoms with Crippen molar-refractivity contribution in [3.8, 4) is 0 Å². The summed E-state index contributed by atoms with van der Waals surface area (Å²) in [5.41, 5.74) is 0.895. The number of hydrogen-bond donors (Lipinski definition) is 2. The molecule has 0 unspecified atom stereocenters. The molecule has 2 fully saturated rings. The number of imide groups is 1. The SMILES string of the molecule is C[C@@H](CN1CCOCC1)NC(=O)CN1C(=O)N[C@@]2(CCc3ccccc32)C1=O. The molecule has 0 bridgehead atoms. The molecule has 1 spiro atoms. The lowest BCUT2D eigenvalue weighted by atomic mass is 9.92. The van der Waals surface area contributed by atoms with Crippen LogP contribution in [0.15, 0.2) is 24.3 Å². The van der Waals surface area contributed by atoms with Gasteiger partial charge in [-0.15, -0.1) is 0 Å². The quantitative estimate of drug-likeness (QED) is 0.707. The summed E-state index contributed by atoms with van der Waals surface area (Å²) in [5.74, 6) is -0.661. The zero-order chi connectivity index (χ0) is 19.7.